The second-order valence-corrected chi connectivity index (χ2v) is 12.0. The normalized spacial score (nSPS) is 26.8. The van der Waals surface area contributed by atoms with E-state index in [1.165, 1.54) is 6.07 Å². The molecule has 2 aromatic carbocycles. The number of fused-ring (bicyclic) bond motifs is 4. The number of nitrogens with zero attached hydrogens (tertiary/aromatic N) is 5. The third-order valence-corrected chi connectivity index (χ3v) is 9.51. The molecule has 42 heavy (non-hydrogen) atoms. The van der Waals surface area contributed by atoms with Gasteiger partial charge >= 0.3 is 6.01 Å². The number of ether oxygens (including phenoxy) is 2. The Morgan fingerprint density at radius 3 is 2.95 bits per heavy atom. The van der Waals surface area contributed by atoms with Crippen molar-refractivity contribution in [3.05, 3.63) is 47.9 Å². The smallest absolute Gasteiger partial charge is 0.316 e. The Morgan fingerprint density at radius 1 is 1.19 bits per heavy atom. The first-order chi connectivity index (χ1) is 20.4. The van der Waals surface area contributed by atoms with Crippen LogP contribution in [0.5, 0.6) is 11.8 Å². The molecule has 0 spiro atoms. The minimum atomic E-state index is -0.850. The third kappa shape index (κ3) is 3.91. The van der Waals surface area contributed by atoms with Crippen molar-refractivity contribution in [2.75, 3.05) is 44.4 Å². The van der Waals surface area contributed by atoms with Crippen LogP contribution in [0.1, 0.15) is 24.8 Å². The molecule has 0 aliphatic carbocycles. The maximum absolute atomic E-state index is 14.9. The summed E-state index contributed by atoms with van der Waals surface area (Å²) in [5, 5.41) is 12.5. The van der Waals surface area contributed by atoms with Gasteiger partial charge in [0.25, 0.3) is 0 Å². The highest BCUT2D eigenvalue weighted by atomic mass is 19.1. The Bertz CT molecular complexity index is 1790. The molecule has 4 aromatic rings. The largest absolute Gasteiger partial charge is 0.508 e. The summed E-state index contributed by atoms with van der Waals surface area (Å²) in [6.07, 6.45) is 8.98. The number of halogens is 2. The Balaban J connectivity index is 1.25. The van der Waals surface area contributed by atoms with Crippen LogP contribution in [0, 0.1) is 24.1 Å². The lowest BCUT2D eigenvalue weighted by atomic mass is 9.91. The monoisotopic (exact) mass is 569 g/mol. The summed E-state index contributed by atoms with van der Waals surface area (Å²) in [7, 11) is 0. The van der Waals surface area contributed by atoms with Crippen molar-refractivity contribution in [1.29, 1.82) is 0 Å². The molecular formula is C32H29F2N5O3. The highest BCUT2D eigenvalue weighted by molar-refractivity contribution is 6.03. The van der Waals surface area contributed by atoms with E-state index in [0.717, 1.165) is 31.3 Å². The molecule has 4 aliphatic heterocycles. The number of alkyl halides is 1. The molecule has 0 saturated carbocycles. The summed E-state index contributed by atoms with van der Waals surface area (Å²) < 4.78 is 41.0. The van der Waals surface area contributed by atoms with E-state index >= 15 is 0 Å². The fraction of sp³-hybridized carbons (Fsp3) is 0.406. The number of phenols is 1. The summed E-state index contributed by atoms with van der Waals surface area (Å²) in [6.45, 7) is 3.74. The average molecular weight is 570 g/mol. The van der Waals surface area contributed by atoms with Gasteiger partial charge in [-0.1, -0.05) is 12.0 Å². The molecule has 4 saturated heterocycles. The van der Waals surface area contributed by atoms with Gasteiger partial charge in [-0.2, -0.15) is 4.98 Å². The van der Waals surface area contributed by atoms with E-state index in [4.69, 9.17) is 25.9 Å². The molecule has 4 atom stereocenters. The molecule has 0 amide bonds. The van der Waals surface area contributed by atoms with Crippen molar-refractivity contribution in [1.82, 2.24) is 19.9 Å². The first-order valence-corrected chi connectivity index (χ1v) is 14.4. The van der Waals surface area contributed by atoms with Crippen molar-refractivity contribution in [2.24, 2.45) is 5.92 Å². The highest BCUT2D eigenvalue weighted by Gasteiger charge is 2.49. The van der Waals surface area contributed by atoms with E-state index in [0.29, 0.717) is 72.1 Å². The molecule has 8 rings (SSSR count). The van der Waals surface area contributed by atoms with Crippen LogP contribution in [0.15, 0.2) is 36.5 Å². The fourth-order valence-electron chi connectivity index (χ4n) is 7.44. The van der Waals surface area contributed by atoms with E-state index in [1.807, 2.05) is 0 Å². The number of aromatic hydroxyl groups is 1. The lowest BCUT2D eigenvalue weighted by Gasteiger charge is -2.44. The van der Waals surface area contributed by atoms with Gasteiger partial charge in [-0.3, -0.25) is 4.90 Å². The second-order valence-electron chi connectivity index (χ2n) is 12.0. The van der Waals surface area contributed by atoms with Crippen molar-refractivity contribution >= 4 is 27.5 Å². The third-order valence-electron chi connectivity index (χ3n) is 9.51. The van der Waals surface area contributed by atoms with Gasteiger partial charge in [-0.15, -0.1) is 6.42 Å². The zero-order valence-electron chi connectivity index (χ0n) is 22.9. The van der Waals surface area contributed by atoms with Crippen LogP contribution in [-0.2, 0) is 4.74 Å². The van der Waals surface area contributed by atoms with E-state index in [-0.39, 0.29) is 28.9 Å². The quantitative estimate of drug-likeness (QED) is 0.353. The van der Waals surface area contributed by atoms with Gasteiger partial charge in [0, 0.05) is 42.6 Å². The highest BCUT2D eigenvalue weighted by Crippen LogP contribution is 2.43. The van der Waals surface area contributed by atoms with Crippen molar-refractivity contribution in [3.8, 4) is 35.4 Å². The number of phenolic OH excluding ortho intramolecular Hbond substituents is 1. The predicted octanol–water partition coefficient (Wildman–Crippen LogP) is 4.46. The Kier molecular flexibility index (Phi) is 5.78. The average Bonchev–Trinajstić information content (AvgIpc) is 3.62. The molecule has 6 heterocycles. The summed E-state index contributed by atoms with van der Waals surface area (Å²) in [6, 6.07) is 8.20. The lowest BCUT2D eigenvalue weighted by Crippen LogP contribution is -2.56. The molecular weight excluding hydrogens is 540 g/mol. The molecule has 10 heteroatoms. The van der Waals surface area contributed by atoms with Crippen LogP contribution in [0.4, 0.5) is 14.6 Å². The number of pyridine rings is 1. The maximum atomic E-state index is 14.9. The molecule has 4 aliphatic rings. The number of hydrogen-bond donors (Lipinski definition) is 1. The van der Waals surface area contributed by atoms with Gasteiger partial charge < -0.3 is 19.5 Å². The zero-order chi connectivity index (χ0) is 28.6. The fourth-order valence-corrected chi connectivity index (χ4v) is 7.44. The molecule has 0 radical (unpaired) electrons. The second kappa shape index (κ2) is 9.48. The molecule has 214 valence electrons. The van der Waals surface area contributed by atoms with Crippen LogP contribution in [-0.4, -0.2) is 82.2 Å². The standard InChI is InChI=1S/C32H29F2N5O3/c1-2-22-25(34)5-4-18-8-21(40)9-23(29(18)22)26-10-27-24(30(36-26)39-13-19-15-41-16-28(19)39)12-35-31(37-27)42-17-32-6-3-7-38(32)14-20(33)11-32/h1,4-5,8-10,12,19-20,28,40H,3,6-7,11,13-17H2/t19?,20-,28?,32+/m1/s1. The molecule has 0 bridgehead atoms. The van der Waals surface area contributed by atoms with Gasteiger partial charge in [0.15, 0.2) is 0 Å². The van der Waals surface area contributed by atoms with Crippen LogP contribution in [0.3, 0.4) is 0 Å². The first kappa shape index (κ1) is 25.6. The topological polar surface area (TPSA) is 83.8 Å². The van der Waals surface area contributed by atoms with Crippen LogP contribution in [0.25, 0.3) is 32.9 Å². The molecule has 2 unspecified atom stereocenters. The van der Waals surface area contributed by atoms with Crippen molar-refractivity contribution in [2.45, 2.75) is 37.0 Å². The number of rotatable bonds is 5. The molecule has 8 nitrogen and oxygen atoms in total. The van der Waals surface area contributed by atoms with E-state index in [9.17, 15) is 13.9 Å². The Morgan fingerprint density at radius 2 is 2.10 bits per heavy atom. The number of aromatic nitrogens is 3. The minimum Gasteiger partial charge on any atom is -0.508 e. The van der Waals surface area contributed by atoms with Gasteiger partial charge in [-0.25, -0.2) is 18.7 Å². The SMILES string of the molecule is C#Cc1c(F)ccc2cc(O)cc(-c3cc4nc(OC[C@@]56CCCN5C[C@H](F)C6)ncc4c(N4CC5COCC54)n3)c12. The van der Waals surface area contributed by atoms with E-state index in [1.54, 1.807) is 30.5 Å². The Labute approximate surface area is 241 Å². The minimum absolute atomic E-state index is 0.0125. The van der Waals surface area contributed by atoms with Crippen molar-refractivity contribution in [3.63, 3.8) is 0 Å². The Hall–Kier alpha value is -4.07. The number of benzene rings is 2. The number of terminal acetylenes is 1. The lowest BCUT2D eigenvalue weighted by molar-refractivity contribution is 0.107. The summed E-state index contributed by atoms with van der Waals surface area (Å²) in [4.78, 5) is 18.7. The maximum Gasteiger partial charge on any atom is 0.316 e. The van der Waals surface area contributed by atoms with Gasteiger partial charge in [-0.05, 0) is 49.0 Å². The van der Waals surface area contributed by atoms with Gasteiger partial charge in [0.2, 0.25) is 0 Å². The van der Waals surface area contributed by atoms with Crippen LogP contribution < -0.4 is 9.64 Å². The van der Waals surface area contributed by atoms with Crippen LogP contribution >= 0.6 is 0 Å². The van der Waals surface area contributed by atoms with Gasteiger partial charge in [0.05, 0.1) is 47.0 Å². The van der Waals surface area contributed by atoms with Gasteiger partial charge in [0.1, 0.15) is 30.2 Å². The predicted molar refractivity (Wildman–Crippen MR) is 154 cm³/mol. The summed E-state index contributed by atoms with van der Waals surface area (Å²) >= 11 is 0. The first-order valence-electron chi connectivity index (χ1n) is 14.4. The van der Waals surface area contributed by atoms with Crippen LogP contribution in [0.2, 0.25) is 0 Å². The molecule has 2 aromatic heterocycles. The zero-order valence-corrected chi connectivity index (χ0v) is 22.9. The van der Waals surface area contributed by atoms with E-state index in [2.05, 4.69) is 20.7 Å². The number of hydrogen-bond acceptors (Lipinski definition) is 8. The van der Waals surface area contributed by atoms with Crippen molar-refractivity contribution < 1.29 is 23.4 Å². The molecule has 1 N–H and O–H groups in total. The van der Waals surface area contributed by atoms with E-state index < -0.39 is 12.0 Å². The summed E-state index contributed by atoms with van der Waals surface area (Å²) in [5.41, 5.74) is 1.37. The summed E-state index contributed by atoms with van der Waals surface area (Å²) in [5.74, 6) is 3.09. The molecule has 4 fully saturated rings. The number of anilines is 1.